The van der Waals surface area contributed by atoms with Crippen LogP contribution in [0.3, 0.4) is 0 Å². The molecule has 3 aromatic carbocycles. The lowest BCUT2D eigenvalue weighted by Crippen LogP contribution is -2.32. The molecule has 0 aliphatic carbocycles. The average molecular weight is 556 g/mol. The van der Waals surface area contributed by atoms with Crippen LogP contribution in [0.5, 0.6) is 0 Å². The number of nitrogens with zero attached hydrogens (tertiary/aromatic N) is 1. The van der Waals surface area contributed by atoms with Crippen molar-refractivity contribution in [1.82, 2.24) is 0 Å². The largest absolute Gasteiger partial charge is 0.416 e. The molecule has 1 heterocycles. The first-order chi connectivity index (χ1) is 18.5. The van der Waals surface area contributed by atoms with Gasteiger partial charge in [0.2, 0.25) is 5.91 Å². The van der Waals surface area contributed by atoms with E-state index in [-0.39, 0.29) is 23.7 Å². The first-order valence-corrected chi connectivity index (χ1v) is 12.6. The van der Waals surface area contributed by atoms with Crippen LogP contribution in [-0.4, -0.2) is 17.7 Å². The van der Waals surface area contributed by atoms with E-state index in [0.717, 1.165) is 41.8 Å². The quantitative estimate of drug-likeness (QED) is 0.313. The van der Waals surface area contributed by atoms with Gasteiger partial charge < -0.3 is 10.6 Å². The van der Waals surface area contributed by atoms with Crippen LogP contribution in [0.1, 0.15) is 36.1 Å². The molecule has 0 fully saturated rings. The number of halogens is 4. The van der Waals surface area contributed by atoms with Crippen LogP contribution in [0.15, 0.2) is 77.5 Å². The number of nitrogens with one attached hydrogen (secondary N) is 2. The Morgan fingerprint density at radius 2 is 1.51 bits per heavy atom. The molecule has 4 rings (SSSR count). The predicted molar refractivity (Wildman–Crippen MR) is 144 cm³/mol. The highest BCUT2D eigenvalue weighted by atomic mass is 35.5. The highest BCUT2D eigenvalue weighted by molar-refractivity contribution is 6.53. The van der Waals surface area contributed by atoms with Crippen molar-refractivity contribution in [2.24, 2.45) is 0 Å². The molecule has 202 valence electrons. The Morgan fingerprint density at radius 3 is 2.10 bits per heavy atom. The maximum Gasteiger partial charge on any atom is 0.416 e. The van der Waals surface area contributed by atoms with E-state index in [1.807, 2.05) is 32.0 Å². The zero-order valence-corrected chi connectivity index (χ0v) is 21.9. The van der Waals surface area contributed by atoms with E-state index in [0.29, 0.717) is 22.2 Å². The third-order valence-corrected chi connectivity index (χ3v) is 6.66. The van der Waals surface area contributed by atoms with E-state index in [9.17, 15) is 27.6 Å². The number of anilines is 3. The maximum atomic E-state index is 13.1. The summed E-state index contributed by atoms with van der Waals surface area (Å²) in [6.45, 7) is 4.05. The minimum absolute atomic E-state index is 0.117. The Morgan fingerprint density at radius 1 is 0.897 bits per heavy atom. The summed E-state index contributed by atoms with van der Waals surface area (Å²) in [5.74, 6) is -1.99. The minimum atomic E-state index is -4.64. The maximum absolute atomic E-state index is 13.1. The SMILES string of the molecule is CCc1cccc(CC)c1NC(=O)Cc1ccc(NC2=C(Cl)C(=O)N(c3cccc(C(F)(F)F)c3)C2=O)cc1. The number of carbonyl (C=O) groups excluding carboxylic acids is 3. The molecule has 1 aliphatic heterocycles. The molecule has 3 amide bonds. The third-order valence-electron chi connectivity index (χ3n) is 6.31. The Labute approximate surface area is 228 Å². The molecule has 39 heavy (non-hydrogen) atoms. The monoisotopic (exact) mass is 555 g/mol. The van der Waals surface area contributed by atoms with Gasteiger partial charge in [0.15, 0.2) is 0 Å². The van der Waals surface area contributed by atoms with Crippen molar-refractivity contribution in [2.45, 2.75) is 39.3 Å². The Hall–Kier alpha value is -4.11. The second kappa shape index (κ2) is 11.3. The molecule has 0 saturated carbocycles. The first kappa shape index (κ1) is 27.9. The lowest BCUT2D eigenvalue weighted by Gasteiger charge is -2.17. The first-order valence-electron chi connectivity index (χ1n) is 12.3. The molecule has 0 saturated heterocycles. The summed E-state index contributed by atoms with van der Waals surface area (Å²) in [6.07, 6.45) is -2.95. The van der Waals surface area contributed by atoms with Crippen LogP contribution in [0.4, 0.5) is 30.2 Å². The van der Waals surface area contributed by atoms with Gasteiger partial charge in [0.25, 0.3) is 11.8 Å². The average Bonchev–Trinajstić information content (AvgIpc) is 3.12. The summed E-state index contributed by atoms with van der Waals surface area (Å²) < 4.78 is 39.4. The number of rotatable bonds is 8. The summed E-state index contributed by atoms with van der Waals surface area (Å²) in [4.78, 5) is 38.9. The van der Waals surface area contributed by atoms with Crippen molar-refractivity contribution in [3.05, 3.63) is 99.7 Å². The summed E-state index contributed by atoms with van der Waals surface area (Å²) in [5, 5.41) is 5.35. The lowest BCUT2D eigenvalue weighted by molar-refractivity contribution is -0.137. The molecule has 0 spiro atoms. The Bertz CT molecular complexity index is 1440. The number of carbonyl (C=O) groups is 3. The standard InChI is InChI=1S/C29H25ClF3N3O3/c1-3-18-7-5-8-19(4-2)25(18)35-23(37)15-17-11-13-21(14-12-17)34-26-24(30)27(38)36(28(26)39)22-10-6-9-20(16-22)29(31,32)33/h5-14,16,34H,3-4,15H2,1-2H3,(H,35,37). The molecule has 3 aromatic rings. The number of para-hydroxylation sites is 1. The van der Waals surface area contributed by atoms with Crippen LogP contribution in [-0.2, 0) is 39.8 Å². The van der Waals surface area contributed by atoms with Crippen molar-refractivity contribution in [1.29, 1.82) is 0 Å². The van der Waals surface area contributed by atoms with Gasteiger partial charge in [-0.05, 0) is 59.9 Å². The molecule has 2 N–H and O–H groups in total. The van der Waals surface area contributed by atoms with Crippen molar-refractivity contribution in [2.75, 3.05) is 15.5 Å². The molecule has 0 radical (unpaired) electrons. The van der Waals surface area contributed by atoms with E-state index in [1.54, 1.807) is 24.3 Å². The van der Waals surface area contributed by atoms with Gasteiger partial charge >= 0.3 is 6.18 Å². The van der Waals surface area contributed by atoms with Gasteiger partial charge in [-0.3, -0.25) is 14.4 Å². The van der Waals surface area contributed by atoms with Crippen molar-refractivity contribution in [3.8, 4) is 0 Å². The summed E-state index contributed by atoms with van der Waals surface area (Å²) in [5.41, 5.74) is 2.57. The molecular formula is C29H25ClF3N3O3. The van der Waals surface area contributed by atoms with Gasteiger partial charge in [0.1, 0.15) is 10.7 Å². The van der Waals surface area contributed by atoms with E-state index in [2.05, 4.69) is 10.6 Å². The van der Waals surface area contributed by atoms with Crippen molar-refractivity contribution < 1.29 is 27.6 Å². The summed E-state index contributed by atoms with van der Waals surface area (Å²) in [6, 6.07) is 16.4. The topological polar surface area (TPSA) is 78.5 Å². The molecule has 0 unspecified atom stereocenters. The number of alkyl halides is 3. The van der Waals surface area contributed by atoms with Gasteiger partial charge in [-0.25, -0.2) is 4.90 Å². The number of hydrogen-bond donors (Lipinski definition) is 2. The fourth-order valence-corrected chi connectivity index (χ4v) is 4.50. The highest BCUT2D eigenvalue weighted by Crippen LogP contribution is 2.35. The molecular weight excluding hydrogens is 531 g/mol. The second-order valence-electron chi connectivity index (χ2n) is 8.89. The zero-order chi connectivity index (χ0) is 28.3. The van der Waals surface area contributed by atoms with Crippen molar-refractivity contribution in [3.63, 3.8) is 0 Å². The van der Waals surface area contributed by atoms with E-state index in [4.69, 9.17) is 11.6 Å². The predicted octanol–water partition coefficient (Wildman–Crippen LogP) is 6.45. The van der Waals surface area contributed by atoms with Gasteiger partial charge in [0.05, 0.1) is 17.7 Å². The summed E-state index contributed by atoms with van der Waals surface area (Å²) >= 11 is 6.10. The van der Waals surface area contributed by atoms with E-state index >= 15 is 0 Å². The number of aryl methyl sites for hydroxylation is 2. The number of benzene rings is 3. The minimum Gasteiger partial charge on any atom is -0.350 e. The van der Waals surface area contributed by atoms with Gasteiger partial charge in [-0.2, -0.15) is 13.2 Å². The third kappa shape index (κ3) is 5.98. The van der Waals surface area contributed by atoms with Gasteiger partial charge in [-0.1, -0.05) is 61.8 Å². The molecule has 0 atom stereocenters. The number of amides is 3. The Balaban J connectivity index is 1.45. The normalized spacial score (nSPS) is 13.7. The van der Waals surface area contributed by atoms with Crippen LogP contribution in [0, 0.1) is 0 Å². The van der Waals surface area contributed by atoms with Gasteiger partial charge in [-0.15, -0.1) is 0 Å². The zero-order valence-electron chi connectivity index (χ0n) is 21.2. The number of hydrogen-bond acceptors (Lipinski definition) is 4. The molecule has 6 nitrogen and oxygen atoms in total. The Kier molecular flexibility index (Phi) is 8.11. The fourth-order valence-electron chi connectivity index (χ4n) is 4.29. The summed E-state index contributed by atoms with van der Waals surface area (Å²) in [7, 11) is 0. The van der Waals surface area contributed by atoms with Crippen LogP contribution in [0.2, 0.25) is 0 Å². The lowest BCUT2D eigenvalue weighted by atomic mass is 10.0. The van der Waals surface area contributed by atoms with E-state index in [1.165, 1.54) is 6.07 Å². The molecule has 0 bridgehead atoms. The van der Waals surface area contributed by atoms with Crippen LogP contribution in [0.25, 0.3) is 0 Å². The molecule has 0 aromatic heterocycles. The highest BCUT2D eigenvalue weighted by Gasteiger charge is 2.40. The second-order valence-corrected chi connectivity index (χ2v) is 9.27. The van der Waals surface area contributed by atoms with Crippen LogP contribution < -0.4 is 15.5 Å². The fraction of sp³-hybridized carbons (Fsp3) is 0.207. The smallest absolute Gasteiger partial charge is 0.350 e. The van der Waals surface area contributed by atoms with Crippen LogP contribution >= 0.6 is 11.6 Å². The number of imide groups is 1. The molecule has 10 heteroatoms. The van der Waals surface area contributed by atoms with E-state index < -0.39 is 28.6 Å². The van der Waals surface area contributed by atoms with Crippen molar-refractivity contribution >= 4 is 46.4 Å². The van der Waals surface area contributed by atoms with Gasteiger partial charge in [0, 0.05) is 11.4 Å². The molecule has 1 aliphatic rings.